The predicted molar refractivity (Wildman–Crippen MR) is 125 cm³/mol. The molecule has 0 aromatic heterocycles. The van der Waals surface area contributed by atoms with Gasteiger partial charge in [-0.3, -0.25) is 9.69 Å². The molecule has 1 N–H and O–H groups in total. The summed E-state index contributed by atoms with van der Waals surface area (Å²) < 4.78 is 17.0. The first-order valence-electron chi connectivity index (χ1n) is 12.4. The fraction of sp³-hybridized carbons (Fsp3) is 0.731. The molecule has 0 spiro atoms. The molecule has 32 heavy (non-hydrogen) atoms. The van der Waals surface area contributed by atoms with Gasteiger partial charge in [-0.1, -0.05) is 13.8 Å². The number of ether oxygens (including phenoxy) is 3. The number of benzene rings is 1. The SMILES string of the molecule is COc1cc2c(cc1OC)C1CC(COC(=O)C[C@H]3CCCN3)C(CC(C)C)CN1CC2. The second-order valence-electron chi connectivity index (χ2n) is 10.2. The highest BCUT2D eigenvalue weighted by Crippen LogP contribution is 2.45. The van der Waals surface area contributed by atoms with Crippen molar-refractivity contribution in [3.63, 3.8) is 0 Å². The Balaban J connectivity index is 1.48. The molecule has 178 valence electrons. The summed E-state index contributed by atoms with van der Waals surface area (Å²) in [5.41, 5.74) is 2.71. The van der Waals surface area contributed by atoms with Gasteiger partial charge in [0.15, 0.2) is 11.5 Å². The molecule has 1 aromatic rings. The molecule has 4 rings (SSSR count). The monoisotopic (exact) mass is 444 g/mol. The summed E-state index contributed by atoms with van der Waals surface area (Å²) in [6.07, 6.45) is 5.96. The number of hydrogen-bond donors (Lipinski definition) is 1. The van der Waals surface area contributed by atoms with Gasteiger partial charge in [0.1, 0.15) is 0 Å². The Bertz CT molecular complexity index is 790. The minimum atomic E-state index is -0.0504. The zero-order valence-corrected chi connectivity index (χ0v) is 20.2. The summed E-state index contributed by atoms with van der Waals surface area (Å²) in [5, 5.41) is 3.40. The van der Waals surface area contributed by atoms with Crippen molar-refractivity contribution >= 4 is 5.97 Å². The Labute approximate surface area is 193 Å². The number of methoxy groups -OCH3 is 2. The predicted octanol–water partition coefficient (Wildman–Crippen LogP) is 3.97. The molecule has 3 unspecified atom stereocenters. The van der Waals surface area contributed by atoms with E-state index in [0.29, 0.717) is 42.9 Å². The molecule has 0 bridgehead atoms. The molecule has 3 heterocycles. The van der Waals surface area contributed by atoms with Gasteiger partial charge in [0.25, 0.3) is 0 Å². The number of fused-ring (bicyclic) bond motifs is 3. The Morgan fingerprint density at radius 3 is 2.66 bits per heavy atom. The molecule has 6 nitrogen and oxygen atoms in total. The van der Waals surface area contributed by atoms with Crippen LogP contribution in [-0.2, 0) is 16.0 Å². The number of piperidine rings is 1. The largest absolute Gasteiger partial charge is 0.493 e. The van der Waals surface area contributed by atoms with Gasteiger partial charge >= 0.3 is 5.97 Å². The van der Waals surface area contributed by atoms with E-state index >= 15 is 0 Å². The lowest BCUT2D eigenvalue weighted by atomic mass is 9.74. The van der Waals surface area contributed by atoms with Gasteiger partial charge in [-0.05, 0) is 79.7 Å². The third-order valence-corrected chi connectivity index (χ3v) is 7.58. The van der Waals surface area contributed by atoms with Crippen molar-refractivity contribution in [2.24, 2.45) is 17.8 Å². The lowest BCUT2D eigenvalue weighted by molar-refractivity contribution is -0.147. The molecular formula is C26H40N2O4. The molecule has 2 saturated heterocycles. The highest BCUT2D eigenvalue weighted by molar-refractivity contribution is 5.70. The molecule has 6 heteroatoms. The van der Waals surface area contributed by atoms with E-state index in [1.807, 2.05) is 0 Å². The van der Waals surface area contributed by atoms with Gasteiger partial charge in [0, 0.05) is 25.2 Å². The van der Waals surface area contributed by atoms with E-state index in [4.69, 9.17) is 14.2 Å². The molecule has 0 radical (unpaired) electrons. The van der Waals surface area contributed by atoms with Crippen molar-refractivity contribution in [1.29, 1.82) is 0 Å². The van der Waals surface area contributed by atoms with Crippen molar-refractivity contribution in [2.45, 2.75) is 64.5 Å². The summed E-state index contributed by atoms with van der Waals surface area (Å²) in [6, 6.07) is 4.96. The van der Waals surface area contributed by atoms with Crippen molar-refractivity contribution < 1.29 is 19.0 Å². The molecule has 0 aliphatic carbocycles. The zero-order valence-electron chi connectivity index (χ0n) is 20.2. The third-order valence-electron chi connectivity index (χ3n) is 7.58. The molecule has 4 atom stereocenters. The molecule has 2 fully saturated rings. The van der Waals surface area contributed by atoms with Gasteiger partial charge in [-0.25, -0.2) is 0 Å². The topological polar surface area (TPSA) is 60.0 Å². The standard InChI is InChI=1S/C26H40N2O4/c1-17(2)10-19-15-28-9-7-18-12-24(30-3)25(31-4)14-22(18)23(28)11-20(19)16-32-26(29)13-21-6-5-8-27-21/h12,14,17,19-21,23,27H,5-11,13,15-16H2,1-4H3/t19?,20?,21-,23?/m1/s1. The van der Waals surface area contributed by atoms with E-state index < -0.39 is 0 Å². The second-order valence-corrected chi connectivity index (χ2v) is 10.2. The van der Waals surface area contributed by atoms with E-state index in [1.165, 1.54) is 17.5 Å². The number of esters is 1. The van der Waals surface area contributed by atoms with Crippen LogP contribution in [0.5, 0.6) is 11.5 Å². The normalized spacial score (nSPS) is 27.7. The van der Waals surface area contributed by atoms with Crippen LogP contribution in [0.2, 0.25) is 0 Å². The van der Waals surface area contributed by atoms with Crippen LogP contribution in [0.4, 0.5) is 0 Å². The molecule has 3 aliphatic rings. The summed E-state index contributed by atoms with van der Waals surface area (Å²) in [6.45, 7) is 8.29. The third kappa shape index (κ3) is 5.23. The zero-order chi connectivity index (χ0) is 22.7. The average molecular weight is 445 g/mol. The van der Waals surface area contributed by atoms with Crippen molar-refractivity contribution in [1.82, 2.24) is 10.2 Å². The molecule has 1 aromatic carbocycles. The molecular weight excluding hydrogens is 404 g/mol. The van der Waals surface area contributed by atoms with Crippen molar-refractivity contribution in [2.75, 3.05) is 40.5 Å². The maximum Gasteiger partial charge on any atom is 0.307 e. The van der Waals surface area contributed by atoms with E-state index in [9.17, 15) is 4.79 Å². The minimum absolute atomic E-state index is 0.0504. The Hall–Kier alpha value is -1.79. The van der Waals surface area contributed by atoms with E-state index in [2.05, 4.69) is 36.2 Å². The van der Waals surface area contributed by atoms with Gasteiger partial charge < -0.3 is 19.5 Å². The number of nitrogens with zero attached hydrogens (tertiary/aromatic N) is 1. The van der Waals surface area contributed by atoms with E-state index in [-0.39, 0.29) is 5.97 Å². The number of nitrogens with one attached hydrogen (secondary N) is 1. The number of hydrogen-bond acceptors (Lipinski definition) is 6. The van der Waals surface area contributed by atoms with Crippen molar-refractivity contribution in [3.8, 4) is 11.5 Å². The Morgan fingerprint density at radius 2 is 1.97 bits per heavy atom. The van der Waals surface area contributed by atoms with Crippen LogP contribution >= 0.6 is 0 Å². The van der Waals surface area contributed by atoms with Crippen LogP contribution in [0.15, 0.2) is 12.1 Å². The maximum atomic E-state index is 12.5. The first-order valence-corrected chi connectivity index (χ1v) is 12.4. The fourth-order valence-electron chi connectivity index (χ4n) is 5.97. The van der Waals surface area contributed by atoms with Gasteiger partial charge in [0.05, 0.1) is 27.2 Å². The molecule has 3 aliphatic heterocycles. The minimum Gasteiger partial charge on any atom is -0.493 e. The van der Waals surface area contributed by atoms with Crippen LogP contribution in [0, 0.1) is 17.8 Å². The van der Waals surface area contributed by atoms with E-state index in [0.717, 1.165) is 56.8 Å². The smallest absolute Gasteiger partial charge is 0.307 e. The Morgan fingerprint density at radius 1 is 1.19 bits per heavy atom. The van der Waals surface area contributed by atoms with Crippen molar-refractivity contribution in [3.05, 3.63) is 23.3 Å². The first kappa shape index (κ1) is 23.4. The number of carbonyl (C=O) groups is 1. The van der Waals surface area contributed by atoms with Crippen LogP contribution in [0.25, 0.3) is 0 Å². The van der Waals surface area contributed by atoms with Gasteiger partial charge in [0.2, 0.25) is 0 Å². The fourth-order valence-corrected chi connectivity index (χ4v) is 5.97. The number of rotatable bonds is 8. The van der Waals surface area contributed by atoms with Crippen LogP contribution in [0.1, 0.15) is 63.1 Å². The van der Waals surface area contributed by atoms with Crippen LogP contribution in [0.3, 0.4) is 0 Å². The summed E-state index contributed by atoms with van der Waals surface area (Å²) >= 11 is 0. The lowest BCUT2D eigenvalue weighted by Gasteiger charge is -2.47. The average Bonchev–Trinajstić information content (AvgIpc) is 3.29. The van der Waals surface area contributed by atoms with E-state index in [1.54, 1.807) is 14.2 Å². The van der Waals surface area contributed by atoms with Gasteiger partial charge in [-0.15, -0.1) is 0 Å². The van der Waals surface area contributed by atoms with Crippen LogP contribution < -0.4 is 14.8 Å². The Kier molecular flexibility index (Phi) is 7.62. The highest BCUT2D eigenvalue weighted by atomic mass is 16.5. The maximum absolute atomic E-state index is 12.5. The summed E-state index contributed by atoms with van der Waals surface area (Å²) in [5.74, 6) is 3.14. The number of carbonyl (C=O) groups excluding carboxylic acids is 1. The summed E-state index contributed by atoms with van der Waals surface area (Å²) in [4.78, 5) is 15.1. The second kappa shape index (κ2) is 10.4. The highest BCUT2D eigenvalue weighted by Gasteiger charge is 2.40. The van der Waals surface area contributed by atoms with Gasteiger partial charge in [-0.2, -0.15) is 0 Å². The summed E-state index contributed by atoms with van der Waals surface area (Å²) in [7, 11) is 3.40. The molecule has 0 amide bonds. The van der Waals surface area contributed by atoms with Crippen LogP contribution in [-0.4, -0.2) is 57.4 Å². The first-order chi connectivity index (χ1) is 15.5. The lowest BCUT2D eigenvalue weighted by Crippen LogP contribution is -2.47. The quantitative estimate of drug-likeness (QED) is 0.612. The molecule has 0 saturated carbocycles.